The van der Waals surface area contributed by atoms with Gasteiger partial charge >= 0.3 is 0 Å². The highest BCUT2D eigenvalue weighted by Gasteiger charge is 2.25. The van der Waals surface area contributed by atoms with Gasteiger partial charge in [-0.15, -0.1) is 0 Å². The zero-order valence-electron chi connectivity index (χ0n) is 17.0. The predicted molar refractivity (Wildman–Crippen MR) is 120 cm³/mol. The fourth-order valence-corrected chi connectivity index (χ4v) is 3.88. The number of fused-ring (bicyclic) bond motifs is 1. The molecule has 0 fully saturated rings. The number of amides is 2. The van der Waals surface area contributed by atoms with Gasteiger partial charge in [-0.05, 0) is 67.3 Å². The Kier molecular flexibility index (Phi) is 5.63. The van der Waals surface area contributed by atoms with Gasteiger partial charge in [-0.25, -0.2) is 0 Å². The molecular formula is C25H25N3O2. The Bertz CT molecular complexity index is 1080. The highest BCUT2D eigenvalue weighted by Crippen LogP contribution is 2.32. The van der Waals surface area contributed by atoms with Crippen LogP contribution in [0, 0.1) is 6.92 Å². The van der Waals surface area contributed by atoms with E-state index < -0.39 is 0 Å². The fraction of sp³-hybridized carbons (Fsp3) is 0.200. The smallest absolute Gasteiger partial charge is 0.258 e. The van der Waals surface area contributed by atoms with E-state index in [-0.39, 0.29) is 17.9 Å². The first-order valence-electron chi connectivity index (χ1n) is 10.2. The van der Waals surface area contributed by atoms with Gasteiger partial charge in [-0.1, -0.05) is 36.4 Å². The predicted octanol–water partition coefficient (Wildman–Crippen LogP) is 4.69. The number of nitrogens with two attached hydrogens (primary N) is 1. The third-order valence-electron chi connectivity index (χ3n) is 5.55. The number of benzene rings is 3. The van der Waals surface area contributed by atoms with E-state index in [2.05, 4.69) is 5.32 Å². The second-order valence-electron chi connectivity index (χ2n) is 7.61. The average molecular weight is 399 g/mol. The van der Waals surface area contributed by atoms with E-state index in [9.17, 15) is 9.59 Å². The number of rotatable bonds is 3. The van der Waals surface area contributed by atoms with Crippen molar-refractivity contribution in [3.63, 3.8) is 0 Å². The molecule has 0 saturated heterocycles. The maximum atomic E-state index is 13.2. The van der Waals surface area contributed by atoms with Gasteiger partial charge in [0.25, 0.3) is 11.8 Å². The molecule has 1 unspecified atom stereocenters. The summed E-state index contributed by atoms with van der Waals surface area (Å²) in [5.41, 5.74) is 11.0. The molecule has 2 amide bonds. The van der Waals surface area contributed by atoms with Crippen LogP contribution in [-0.2, 0) is 0 Å². The molecular weight excluding hydrogens is 374 g/mol. The van der Waals surface area contributed by atoms with Crippen LogP contribution < -0.4 is 16.0 Å². The molecule has 3 aromatic rings. The molecule has 30 heavy (non-hydrogen) atoms. The fourth-order valence-electron chi connectivity index (χ4n) is 3.88. The van der Waals surface area contributed by atoms with E-state index in [0.717, 1.165) is 29.7 Å². The maximum Gasteiger partial charge on any atom is 0.258 e. The molecule has 0 spiro atoms. The lowest BCUT2D eigenvalue weighted by atomic mass is 10.0. The Hall–Kier alpha value is -3.44. The van der Waals surface area contributed by atoms with Gasteiger partial charge in [0.1, 0.15) is 0 Å². The van der Waals surface area contributed by atoms with Crippen molar-refractivity contribution >= 4 is 23.2 Å². The zero-order chi connectivity index (χ0) is 21.1. The lowest BCUT2D eigenvalue weighted by molar-refractivity contribution is 0.0985. The van der Waals surface area contributed by atoms with Crippen LogP contribution in [-0.4, -0.2) is 18.4 Å². The number of aryl methyl sites for hydroxylation is 1. The first kappa shape index (κ1) is 19.9. The van der Waals surface area contributed by atoms with Gasteiger partial charge in [-0.2, -0.15) is 0 Å². The van der Waals surface area contributed by atoms with Crippen LogP contribution in [0.25, 0.3) is 0 Å². The van der Waals surface area contributed by atoms with E-state index in [1.165, 1.54) is 0 Å². The number of nitrogens with zero attached hydrogens (tertiary/aromatic N) is 1. The molecule has 1 aliphatic heterocycles. The summed E-state index contributed by atoms with van der Waals surface area (Å²) < 4.78 is 0. The Morgan fingerprint density at radius 2 is 1.67 bits per heavy atom. The van der Waals surface area contributed by atoms with Gasteiger partial charge < -0.3 is 16.0 Å². The SMILES string of the molecule is Cc1ccccc1C(=O)Nc1ccc(C(=O)N2CCCC(N)c3ccccc32)cc1. The summed E-state index contributed by atoms with van der Waals surface area (Å²) in [6, 6.07) is 22.3. The van der Waals surface area contributed by atoms with E-state index >= 15 is 0 Å². The van der Waals surface area contributed by atoms with E-state index in [1.54, 1.807) is 30.3 Å². The van der Waals surface area contributed by atoms with Crippen LogP contribution in [0.2, 0.25) is 0 Å². The van der Waals surface area contributed by atoms with Gasteiger partial charge in [0.15, 0.2) is 0 Å². The quantitative estimate of drug-likeness (QED) is 0.671. The van der Waals surface area contributed by atoms with Crippen molar-refractivity contribution in [2.24, 2.45) is 5.73 Å². The molecule has 152 valence electrons. The molecule has 4 rings (SSSR count). The van der Waals surface area contributed by atoms with Crippen molar-refractivity contribution in [2.75, 3.05) is 16.8 Å². The molecule has 0 radical (unpaired) electrons. The number of anilines is 2. The van der Waals surface area contributed by atoms with Crippen LogP contribution in [0.5, 0.6) is 0 Å². The summed E-state index contributed by atoms with van der Waals surface area (Å²) in [7, 11) is 0. The summed E-state index contributed by atoms with van der Waals surface area (Å²) in [5, 5.41) is 2.90. The maximum absolute atomic E-state index is 13.2. The summed E-state index contributed by atoms with van der Waals surface area (Å²) in [4.78, 5) is 27.5. The standard InChI is InChI=1S/C25H25N3O2/c1-17-7-2-3-8-20(17)24(29)27-19-14-12-18(13-15-19)25(30)28-16-6-10-22(26)21-9-4-5-11-23(21)28/h2-5,7-9,11-15,22H,6,10,16,26H2,1H3,(H,27,29). The Balaban J connectivity index is 1.53. The zero-order valence-corrected chi connectivity index (χ0v) is 17.0. The molecule has 1 heterocycles. The Morgan fingerprint density at radius 1 is 0.967 bits per heavy atom. The van der Waals surface area contributed by atoms with E-state index in [0.29, 0.717) is 23.4 Å². The topological polar surface area (TPSA) is 75.4 Å². The minimum Gasteiger partial charge on any atom is -0.324 e. The molecule has 1 aliphatic rings. The number of para-hydroxylation sites is 1. The van der Waals surface area contributed by atoms with Gasteiger partial charge in [0, 0.05) is 35.1 Å². The first-order chi connectivity index (χ1) is 14.5. The van der Waals surface area contributed by atoms with E-state index in [1.807, 2.05) is 54.3 Å². The molecule has 5 nitrogen and oxygen atoms in total. The van der Waals surface area contributed by atoms with E-state index in [4.69, 9.17) is 5.73 Å². The number of carbonyl (C=O) groups is 2. The first-order valence-corrected chi connectivity index (χ1v) is 10.2. The van der Waals surface area contributed by atoms with Crippen LogP contribution in [0.3, 0.4) is 0 Å². The van der Waals surface area contributed by atoms with Crippen molar-refractivity contribution in [1.29, 1.82) is 0 Å². The largest absolute Gasteiger partial charge is 0.324 e. The van der Waals surface area contributed by atoms with Crippen molar-refractivity contribution in [1.82, 2.24) is 0 Å². The minimum atomic E-state index is -0.164. The monoisotopic (exact) mass is 399 g/mol. The second-order valence-corrected chi connectivity index (χ2v) is 7.61. The molecule has 0 aliphatic carbocycles. The molecule has 1 atom stereocenters. The lowest BCUT2D eigenvalue weighted by Crippen LogP contribution is -2.31. The highest BCUT2D eigenvalue weighted by molar-refractivity contribution is 6.08. The summed E-state index contributed by atoms with van der Waals surface area (Å²) in [6.07, 6.45) is 1.71. The second kappa shape index (κ2) is 8.51. The minimum absolute atomic E-state index is 0.0574. The summed E-state index contributed by atoms with van der Waals surface area (Å²) >= 11 is 0. The third-order valence-corrected chi connectivity index (χ3v) is 5.55. The van der Waals surface area contributed by atoms with Gasteiger partial charge in [0.2, 0.25) is 0 Å². The molecule has 3 N–H and O–H groups in total. The number of hydrogen-bond acceptors (Lipinski definition) is 3. The summed E-state index contributed by atoms with van der Waals surface area (Å²) in [6.45, 7) is 2.54. The van der Waals surface area contributed by atoms with Crippen molar-refractivity contribution in [3.8, 4) is 0 Å². The summed E-state index contributed by atoms with van der Waals surface area (Å²) in [5.74, 6) is -0.226. The molecule has 3 aromatic carbocycles. The Labute approximate surface area is 176 Å². The van der Waals surface area contributed by atoms with Crippen molar-refractivity contribution in [3.05, 3.63) is 95.1 Å². The number of hydrogen-bond donors (Lipinski definition) is 2. The highest BCUT2D eigenvalue weighted by atomic mass is 16.2. The van der Waals surface area contributed by atoms with Crippen molar-refractivity contribution in [2.45, 2.75) is 25.8 Å². The number of carbonyl (C=O) groups excluding carboxylic acids is 2. The Morgan fingerprint density at radius 3 is 2.43 bits per heavy atom. The van der Waals surface area contributed by atoms with Crippen LogP contribution in [0.1, 0.15) is 50.7 Å². The normalized spacial score (nSPS) is 15.8. The molecule has 0 bridgehead atoms. The molecule has 0 saturated carbocycles. The van der Waals surface area contributed by atoms with Gasteiger partial charge in [-0.3, -0.25) is 9.59 Å². The third kappa shape index (κ3) is 3.98. The lowest BCUT2D eigenvalue weighted by Gasteiger charge is -2.23. The molecule has 5 heteroatoms. The van der Waals surface area contributed by atoms with Crippen LogP contribution in [0.15, 0.2) is 72.8 Å². The van der Waals surface area contributed by atoms with Crippen molar-refractivity contribution < 1.29 is 9.59 Å². The average Bonchev–Trinajstić information content (AvgIpc) is 2.93. The number of nitrogens with one attached hydrogen (secondary N) is 1. The van der Waals surface area contributed by atoms with Crippen LogP contribution >= 0.6 is 0 Å². The van der Waals surface area contributed by atoms with Crippen LogP contribution in [0.4, 0.5) is 11.4 Å². The van der Waals surface area contributed by atoms with Gasteiger partial charge in [0.05, 0.1) is 0 Å². The molecule has 0 aromatic heterocycles.